The summed E-state index contributed by atoms with van der Waals surface area (Å²) >= 11 is 1.51. The lowest BCUT2D eigenvalue weighted by Gasteiger charge is -2.19. The van der Waals surface area contributed by atoms with Crippen LogP contribution < -0.4 is 15.8 Å². The van der Waals surface area contributed by atoms with Gasteiger partial charge in [0.25, 0.3) is 5.91 Å². The molecule has 0 aliphatic rings. The van der Waals surface area contributed by atoms with Gasteiger partial charge in [0.15, 0.2) is 0 Å². The minimum Gasteiger partial charge on any atom is -0.487 e. The number of benzene rings is 2. The zero-order valence-electron chi connectivity index (χ0n) is 20.0. The van der Waals surface area contributed by atoms with E-state index in [1.165, 1.54) is 11.8 Å². The predicted molar refractivity (Wildman–Crippen MR) is 141 cm³/mol. The maximum Gasteiger partial charge on any atom is 0.428 e. The lowest BCUT2D eigenvalue weighted by molar-refractivity contribution is -0.0537. The van der Waals surface area contributed by atoms with E-state index in [1.54, 1.807) is 36.7 Å². The summed E-state index contributed by atoms with van der Waals surface area (Å²) in [6, 6.07) is 17.4. The third-order valence-electron chi connectivity index (χ3n) is 5.10. The van der Waals surface area contributed by atoms with Gasteiger partial charge in [-0.3, -0.25) is 9.78 Å². The second kappa shape index (κ2) is 13.4. The van der Waals surface area contributed by atoms with Crippen LogP contribution in [0, 0.1) is 0 Å². The van der Waals surface area contributed by atoms with Crippen LogP contribution in [0.3, 0.4) is 0 Å². The number of pyridine rings is 1. The van der Waals surface area contributed by atoms with Crippen LogP contribution in [-0.2, 0) is 6.61 Å². The number of nitrogens with one attached hydrogen (secondary N) is 1. The maximum absolute atomic E-state index is 13.4. The summed E-state index contributed by atoms with van der Waals surface area (Å²) in [4.78, 5) is 17.4. The van der Waals surface area contributed by atoms with Crippen molar-refractivity contribution in [2.75, 3.05) is 12.0 Å². The molecule has 194 valence electrons. The van der Waals surface area contributed by atoms with Crippen molar-refractivity contribution < 1.29 is 22.7 Å². The molecular weight excluding hydrogens is 503 g/mol. The second-order valence-electron chi connectivity index (χ2n) is 7.84. The Morgan fingerprint density at radius 3 is 2.65 bits per heavy atom. The molecule has 3 aromatic rings. The number of halogens is 3. The highest BCUT2D eigenvalue weighted by Crippen LogP contribution is 2.26. The molecule has 0 bridgehead atoms. The van der Waals surface area contributed by atoms with Crippen molar-refractivity contribution in [3.05, 3.63) is 84.2 Å². The van der Waals surface area contributed by atoms with Crippen LogP contribution in [0.2, 0.25) is 0 Å². The standard InChI is InChI=1S/C26H26F3N5O2S/c1-37-13-11-23(24(30)34-32-17-26(27,28)29)33-25(35)21-10-9-18(16-36-20-8-5-12-31-15-20)14-22(21)19-6-3-2-4-7-19/h2-10,12,14-15,17,23H,11,13,16H2,1H3,(H2,30,34)(H,33,35)/b32-17+/t23-/m0/s1. The summed E-state index contributed by atoms with van der Waals surface area (Å²) in [7, 11) is 0. The van der Waals surface area contributed by atoms with E-state index in [-0.39, 0.29) is 18.7 Å². The third kappa shape index (κ3) is 8.94. The van der Waals surface area contributed by atoms with Gasteiger partial charge in [-0.25, -0.2) is 0 Å². The van der Waals surface area contributed by atoms with Crippen molar-refractivity contribution in [2.24, 2.45) is 15.9 Å². The molecule has 3 N–H and O–H groups in total. The van der Waals surface area contributed by atoms with E-state index in [2.05, 4.69) is 20.5 Å². The summed E-state index contributed by atoms with van der Waals surface area (Å²) in [6.07, 6.45) is 0.622. The molecule has 7 nitrogen and oxygen atoms in total. The summed E-state index contributed by atoms with van der Waals surface area (Å²) in [5, 5.41) is 9.27. The highest BCUT2D eigenvalue weighted by molar-refractivity contribution is 7.98. The van der Waals surface area contributed by atoms with Gasteiger partial charge in [0.05, 0.1) is 12.2 Å². The number of thioether (sulfide) groups is 1. The Morgan fingerprint density at radius 1 is 1.19 bits per heavy atom. The van der Waals surface area contributed by atoms with Gasteiger partial charge in [-0.05, 0) is 59.4 Å². The topological polar surface area (TPSA) is 102 Å². The van der Waals surface area contributed by atoms with Crippen molar-refractivity contribution >= 4 is 29.7 Å². The number of amides is 1. The molecule has 0 saturated carbocycles. The van der Waals surface area contributed by atoms with Gasteiger partial charge < -0.3 is 15.8 Å². The van der Waals surface area contributed by atoms with E-state index in [9.17, 15) is 18.0 Å². The monoisotopic (exact) mass is 529 g/mol. The molecule has 11 heteroatoms. The molecule has 1 heterocycles. The van der Waals surface area contributed by atoms with Crippen LogP contribution >= 0.6 is 11.8 Å². The highest BCUT2D eigenvalue weighted by atomic mass is 32.2. The van der Waals surface area contributed by atoms with Crippen LogP contribution in [0.1, 0.15) is 22.3 Å². The number of amidine groups is 1. The number of nitrogens with zero attached hydrogens (tertiary/aromatic N) is 3. The molecule has 3 rings (SSSR count). The van der Waals surface area contributed by atoms with Crippen LogP contribution in [-0.4, -0.2) is 47.2 Å². The van der Waals surface area contributed by atoms with Crippen LogP contribution in [0.15, 0.2) is 83.3 Å². The SMILES string of the molecule is CSCC[C@H](NC(=O)c1ccc(COc2cccnc2)cc1-c1ccccc1)/C(N)=N/N=C/C(F)(F)F. The first-order chi connectivity index (χ1) is 17.8. The summed E-state index contributed by atoms with van der Waals surface area (Å²) < 4.78 is 43.0. The Morgan fingerprint density at radius 2 is 1.97 bits per heavy atom. The van der Waals surface area contributed by atoms with Crippen LogP contribution in [0.4, 0.5) is 13.2 Å². The molecule has 0 spiro atoms. The van der Waals surface area contributed by atoms with Crippen molar-refractivity contribution in [2.45, 2.75) is 25.2 Å². The molecule has 1 aromatic heterocycles. The molecule has 0 radical (unpaired) electrons. The number of carbonyl (C=O) groups is 1. The van der Waals surface area contributed by atoms with E-state index in [1.807, 2.05) is 42.7 Å². The van der Waals surface area contributed by atoms with Crippen molar-refractivity contribution in [3.63, 3.8) is 0 Å². The van der Waals surface area contributed by atoms with Crippen molar-refractivity contribution in [1.82, 2.24) is 10.3 Å². The van der Waals surface area contributed by atoms with E-state index >= 15 is 0 Å². The first kappa shape index (κ1) is 27.7. The molecule has 1 amide bonds. The fourth-order valence-corrected chi connectivity index (χ4v) is 3.80. The largest absolute Gasteiger partial charge is 0.487 e. The normalized spacial score (nSPS) is 12.9. The number of ether oxygens (including phenoxy) is 1. The van der Waals surface area contributed by atoms with Gasteiger partial charge in [0.1, 0.15) is 24.4 Å². The molecule has 0 fully saturated rings. The van der Waals surface area contributed by atoms with E-state index < -0.39 is 18.1 Å². The van der Waals surface area contributed by atoms with Gasteiger partial charge in [-0.2, -0.15) is 30.0 Å². The van der Waals surface area contributed by atoms with E-state index in [4.69, 9.17) is 10.5 Å². The molecule has 37 heavy (non-hydrogen) atoms. The Kier molecular flexibility index (Phi) is 10.1. The molecule has 1 atom stereocenters. The molecule has 0 unspecified atom stereocenters. The maximum atomic E-state index is 13.4. The minimum atomic E-state index is -4.62. The number of aromatic nitrogens is 1. The van der Waals surface area contributed by atoms with Crippen LogP contribution in [0.25, 0.3) is 11.1 Å². The Bertz CT molecular complexity index is 1220. The van der Waals surface area contributed by atoms with E-state index in [0.29, 0.717) is 29.1 Å². The average Bonchev–Trinajstić information content (AvgIpc) is 2.90. The number of alkyl halides is 3. The first-order valence-electron chi connectivity index (χ1n) is 11.2. The fourth-order valence-electron chi connectivity index (χ4n) is 3.33. The number of hydrogen-bond acceptors (Lipinski definition) is 6. The average molecular weight is 530 g/mol. The van der Waals surface area contributed by atoms with Gasteiger partial charge in [-0.1, -0.05) is 36.4 Å². The molecule has 0 aliphatic heterocycles. The quantitative estimate of drug-likeness (QED) is 0.205. The van der Waals surface area contributed by atoms with Gasteiger partial charge in [-0.15, -0.1) is 5.10 Å². The summed E-state index contributed by atoms with van der Waals surface area (Å²) in [6.45, 7) is 0.264. The lowest BCUT2D eigenvalue weighted by Crippen LogP contribution is -2.45. The Balaban J connectivity index is 1.87. The Labute approximate surface area is 217 Å². The van der Waals surface area contributed by atoms with E-state index in [0.717, 1.165) is 11.1 Å². The number of carbonyl (C=O) groups excluding carboxylic acids is 1. The third-order valence-corrected chi connectivity index (χ3v) is 5.75. The fraction of sp³-hybridized carbons (Fsp3) is 0.231. The highest BCUT2D eigenvalue weighted by Gasteiger charge is 2.24. The number of hydrogen-bond donors (Lipinski definition) is 2. The second-order valence-corrected chi connectivity index (χ2v) is 8.83. The number of rotatable bonds is 11. The lowest BCUT2D eigenvalue weighted by atomic mass is 9.96. The zero-order chi connectivity index (χ0) is 26.7. The number of nitrogens with two attached hydrogens (primary N) is 1. The molecular formula is C26H26F3N5O2S. The zero-order valence-corrected chi connectivity index (χ0v) is 20.8. The van der Waals surface area contributed by atoms with Gasteiger partial charge in [0, 0.05) is 11.8 Å². The van der Waals surface area contributed by atoms with Crippen molar-refractivity contribution in [1.29, 1.82) is 0 Å². The molecule has 0 saturated heterocycles. The summed E-state index contributed by atoms with van der Waals surface area (Å²) in [5.41, 5.74) is 8.59. The molecule has 2 aromatic carbocycles. The van der Waals surface area contributed by atoms with Crippen LogP contribution in [0.5, 0.6) is 5.75 Å². The van der Waals surface area contributed by atoms with Gasteiger partial charge in [0.2, 0.25) is 0 Å². The first-order valence-corrected chi connectivity index (χ1v) is 12.6. The predicted octanol–water partition coefficient (Wildman–Crippen LogP) is 5.08. The Hall–Kier alpha value is -3.86. The minimum absolute atomic E-state index is 0.217. The van der Waals surface area contributed by atoms with Crippen molar-refractivity contribution in [3.8, 4) is 16.9 Å². The molecule has 0 aliphatic carbocycles. The smallest absolute Gasteiger partial charge is 0.428 e. The summed E-state index contributed by atoms with van der Waals surface area (Å²) in [5.74, 6) is 0.554. The van der Waals surface area contributed by atoms with Gasteiger partial charge >= 0.3 is 6.18 Å².